The maximum atomic E-state index is 12.2. The number of aliphatic carboxylic acids is 1. The van der Waals surface area contributed by atoms with E-state index in [9.17, 15) is 14.7 Å². The van der Waals surface area contributed by atoms with Crippen LogP contribution in [0.1, 0.15) is 36.3 Å². The second-order valence-electron chi connectivity index (χ2n) is 7.11. The number of aromatic nitrogens is 1. The number of hydrogen-bond donors (Lipinski definition) is 2. The molecule has 27 heavy (non-hydrogen) atoms. The van der Waals surface area contributed by atoms with Crippen molar-refractivity contribution in [3.05, 3.63) is 59.1 Å². The zero-order valence-corrected chi connectivity index (χ0v) is 15.6. The smallest absolute Gasteiger partial charge is 0.310 e. The van der Waals surface area contributed by atoms with Crippen LogP contribution in [-0.2, 0) is 16.0 Å². The number of carbonyl (C=O) groups excluding carboxylic acids is 1. The highest BCUT2D eigenvalue weighted by Gasteiger charge is 2.45. The topological polar surface area (TPSA) is 79.3 Å². The predicted octanol–water partition coefficient (Wildman–Crippen LogP) is 4.47. The number of para-hydroxylation sites is 1. The molecular formula is C21H20N2O3S. The molecule has 1 aliphatic carbocycles. The lowest BCUT2D eigenvalue weighted by atomic mass is 9.66. The number of nitrogens with zero attached hydrogens (tertiary/aromatic N) is 1. The van der Waals surface area contributed by atoms with E-state index in [0.717, 1.165) is 28.9 Å². The Morgan fingerprint density at radius 1 is 1.11 bits per heavy atom. The Hall–Kier alpha value is -2.73. The van der Waals surface area contributed by atoms with E-state index in [4.69, 9.17) is 0 Å². The summed E-state index contributed by atoms with van der Waals surface area (Å²) in [5.41, 5.74) is 1.96. The summed E-state index contributed by atoms with van der Waals surface area (Å²) in [6.45, 7) is 0. The van der Waals surface area contributed by atoms with Crippen molar-refractivity contribution in [3.8, 4) is 0 Å². The molecule has 1 saturated carbocycles. The Bertz CT molecular complexity index is 957. The summed E-state index contributed by atoms with van der Waals surface area (Å²) < 4.78 is 1.18. The van der Waals surface area contributed by atoms with Gasteiger partial charge in [0.1, 0.15) is 0 Å². The second-order valence-corrected chi connectivity index (χ2v) is 8.23. The van der Waals surface area contributed by atoms with Crippen LogP contribution in [0.5, 0.6) is 0 Å². The van der Waals surface area contributed by atoms with Crippen molar-refractivity contribution in [2.45, 2.75) is 32.1 Å². The lowest BCUT2D eigenvalue weighted by Crippen LogP contribution is -2.41. The highest BCUT2D eigenvalue weighted by Crippen LogP contribution is 2.44. The van der Waals surface area contributed by atoms with Crippen LogP contribution in [0.2, 0.25) is 0 Å². The molecule has 1 aliphatic rings. The van der Waals surface area contributed by atoms with Crippen LogP contribution in [0.25, 0.3) is 10.2 Å². The van der Waals surface area contributed by atoms with Gasteiger partial charge in [0.2, 0.25) is 5.91 Å². The maximum absolute atomic E-state index is 12.2. The monoisotopic (exact) mass is 380 g/mol. The minimum Gasteiger partial charge on any atom is -0.481 e. The van der Waals surface area contributed by atoms with E-state index in [1.54, 1.807) is 11.3 Å². The summed E-state index contributed by atoms with van der Waals surface area (Å²) in [7, 11) is 0. The standard InChI is InChI=1S/C21H20N2O3S/c24-18(13-21(20(25)26)10-3-11-21)22-15-8-6-14(7-9-15)12-19-23-16-4-1-2-5-17(16)27-19/h1-2,4-9H,3,10-13H2,(H,22,24)(H,25,26). The first kappa shape index (κ1) is 17.7. The summed E-state index contributed by atoms with van der Waals surface area (Å²) in [5.74, 6) is -1.11. The normalized spacial score (nSPS) is 15.3. The van der Waals surface area contributed by atoms with Gasteiger partial charge >= 0.3 is 5.97 Å². The molecular weight excluding hydrogens is 360 g/mol. The van der Waals surface area contributed by atoms with Gasteiger partial charge in [-0.25, -0.2) is 4.98 Å². The molecule has 1 aromatic heterocycles. The van der Waals surface area contributed by atoms with Crippen molar-refractivity contribution in [2.75, 3.05) is 5.32 Å². The SMILES string of the molecule is O=C(CC1(C(=O)O)CCC1)Nc1ccc(Cc2nc3ccccc3s2)cc1. The maximum Gasteiger partial charge on any atom is 0.310 e. The number of nitrogens with one attached hydrogen (secondary N) is 1. The molecule has 1 fully saturated rings. The summed E-state index contributed by atoms with van der Waals surface area (Å²) in [6, 6.07) is 15.7. The fourth-order valence-corrected chi connectivity index (χ4v) is 4.46. The van der Waals surface area contributed by atoms with Gasteiger partial charge < -0.3 is 10.4 Å². The number of carboxylic acid groups (broad SMARTS) is 1. The van der Waals surface area contributed by atoms with Crippen molar-refractivity contribution in [3.63, 3.8) is 0 Å². The van der Waals surface area contributed by atoms with Gasteiger partial charge in [-0.2, -0.15) is 0 Å². The van der Waals surface area contributed by atoms with E-state index in [1.165, 1.54) is 4.70 Å². The fourth-order valence-electron chi connectivity index (χ4n) is 3.46. The summed E-state index contributed by atoms with van der Waals surface area (Å²) in [5, 5.41) is 13.2. The minimum absolute atomic E-state index is 0.0375. The van der Waals surface area contributed by atoms with E-state index in [-0.39, 0.29) is 12.3 Å². The number of benzene rings is 2. The molecule has 0 spiro atoms. The molecule has 1 amide bonds. The van der Waals surface area contributed by atoms with Crippen LogP contribution in [0, 0.1) is 5.41 Å². The van der Waals surface area contributed by atoms with Gasteiger partial charge in [0, 0.05) is 18.5 Å². The molecule has 0 unspecified atom stereocenters. The first-order valence-corrected chi connectivity index (χ1v) is 9.82. The lowest BCUT2D eigenvalue weighted by Gasteiger charge is -2.36. The highest BCUT2D eigenvalue weighted by molar-refractivity contribution is 7.18. The molecule has 0 radical (unpaired) electrons. The third-order valence-electron chi connectivity index (χ3n) is 5.19. The predicted molar refractivity (Wildman–Crippen MR) is 106 cm³/mol. The van der Waals surface area contributed by atoms with Crippen LogP contribution in [0.3, 0.4) is 0 Å². The first-order chi connectivity index (χ1) is 13.0. The highest BCUT2D eigenvalue weighted by atomic mass is 32.1. The number of fused-ring (bicyclic) bond motifs is 1. The quantitative estimate of drug-likeness (QED) is 0.661. The number of anilines is 1. The van der Waals surface area contributed by atoms with E-state index in [1.807, 2.05) is 42.5 Å². The van der Waals surface area contributed by atoms with Gasteiger partial charge in [-0.3, -0.25) is 9.59 Å². The number of amides is 1. The molecule has 3 aromatic rings. The van der Waals surface area contributed by atoms with E-state index < -0.39 is 11.4 Å². The average Bonchev–Trinajstić information content (AvgIpc) is 3.02. The number of hydrogen-bond acceptors (Lipinski definition) is 4. The molecule has 0 saturated heterocycles. The van der Waals surface area contributed by atoms with Gasteiger partial charge in [0.25, 0.3) is 0 Å². The number of rotatable bonds is 6. The zero-order chi connectivity index (χ0) is 18.9. The van der Waals surface area contributed by atoms with Crippen LogP contribution in [0.4, 0.5) is 5.69 Å². The molecule has 138 valence electrons. The molecule has 1 heterocycles. The van der Waals surface area contributed by atoms with Crippen LogP contribution in [-0.4, -0.2) is 22.0 Å². The Balaban J connectivity index is 1.38. The summed E-state index contributed by atoms with van der Waals surface area (Å²) >= 11 is 1.69. The molecule has 2 aromatic carbocycles. The van der Waals surface area contributed by atoms with Crippen LogP contribution >= 0.6 is 11.3 Å². The van der Waals surface area contributed by atoms with Crippen LogP contribution in [0.15, 0.2) is 48.5 Å². The molecule has 0 aliphatic heterocycles. The van der Waals surface area contributed by atoms with Crippen molar-refractivity contribution in [2.24, 2.45) is 5.41 Å². The molecule has 0 atom stereocenters. The Morgan fingerprint density at radius 2 is 1.85 bits per heavy atom. The Morgan fingerprint density at radius 3 is 2.48 bits per heavy atom. The van der Waals surface area contributed by atoms with Gasteiger partial charge in [0.15, 0.2) is 0 Å². The van der Waals surface area contributed by atoms with Crippen molar-refractivity contribution in [1.82, 2.24) is 4.98 Å². The van der Waals surface area contributed by atoms with Gasteiger partial charge in [-0.15, -0.1) is 11.3 Å². The number of thiazole rings is 1. The third kappa shape index (κ3) is 3.71. The van der Waals surface area contributed by atoms with E-state index >= 15 is 0 Å². The van der Waals surface area contributed by atoms with Crippen molar-refractivity contribution < 1.29 is 14.7 Å². The molecule has 2 N–H and O–H groups in total. The lowest BCUT2D eigenvalue weighted by molar-refractivity contribution is -0.157. The molecule has 0 bridgehead atoms. The van der Waals surface area contributed by atoms with Crippen LogP contribution < -0.4 is 5.32 Å². The summed E-state index contributed by atoms with van der Waals surface area (Å²) in [6.07, 6.45) is 2.82. The number of carbonyl (C=O) groups is 2. The largest absolute Gasteiger partial charge is 0.481 e. The van der Waals surface area contributed by atoms with Gasteiger partial charge in [-0.1, -0.05) is 30.7 Å². The van der Waals surface area contributed by atoms with E-state index in [0.29, 0.717) is 18.5 Å². The summed E-state index contributed by atoms with van der Waals surface area (Å²) in [4.78, 5) is 28.3. The fraction of sp³-hybridized carbons (Fsp3) is 0.286. The van der Waals surface area contributed by atoms with Crippen molar-refractivity contribution >= 4 is 39.1 Å². The van der Waals surface area contributed by atoms with Gasteiger partial charge in [-0.05, 0) is 42.7 Å². The Kier molecular flexibility index (Phi) is 4.66. The van der Waals surface area contributed by atoms with Gasteiger partial charge in [0.05, 0.1) is 20.6 Å². The Labute approximate surface area is 161 Å². The first-order valence-electron chi connectivity index (χ1n) is 9.01. The third-order valence-corrected chi connectivity index (χ3v) is 6.23. The molecule has 6 heteroatoms. The average molecular weight is 380 g/mol. The number of carboxylic acids is 1. The molecule has 4 rings (SSSR count). The van der Waals surface area contributed by atoms with E-state index in [2.05, 4.69) is 16.4 Å². The molecule has 5 nitrogen and oxygen atoms in total. The minimum atomic E-state index is -0.866. The van der Waals surface area contributed by atoms with Crippen molar-refractivity contribution in [1.29, 1.82) is 0 Å². The zero-order valence-electron chi connectivity index (χ0n) is 14.8. The second kappa shape index (κ2) is 7.12.